The third-order valence-corrected chi connectivity index (χ3v) is 2.72. The van der Waals surface area contributed by atoms with Crippen LogP contribution in [0.15, 0.2) is 24.3 Å². The second kappa shape index (κ2) is 6.14. The van der Waals surface area contributed by atoms with Crippen LogP contribution in [-0.4, -0.2) is 35.5 Å². The van der Waals surface area contributed by atoms with Gasteiger partial charge >= 0.3 is 5.97 Å². The quantitative estimate of drug-likeness (QED) is 0.871. The molecule has 1 N–H and O–H groups in total. The van der Waals surface area contributed by atoms with Crippen LogP contribution >= 0.6 is 0 Å². The number of aliphatic carboxylic acids is 1. The second-order valence-electron chi connectivity index (χ2n) is 4.30. The molecule has 5 heteroatoms. The Bertz CT molecular complexity index is 430. The SMILES string of the molecule is CC(CC(=O)N(C)CC(=O)O)c1ccc(F)cc1. The number of nitrogens with zero attached hydrogens (tertiary/aromatic N) is 1. The Hall–Kier alpha value is -1.91. The third-order valence-electron chi connectivity index (χ3n) is 2.72. The first-order valence-corrected chi connectivity index (χ1v) is 5.61. The van der Waals surface area contributed by atoms with Gasteiger partial charge in [-0.3, -0.25) is 9.59 Å². The van der Waals surface area contributed by atoms with E-state index in [1.54, 1.807) is 12.1 Å². The van der Waals surface area contributed by atoms with Gasteiger partial charge in [-0.15, -0.1) is 0 Å². The standard InChI is InChI=1S/C13H16FNO3/c1-9(10-3-5-11(14)6-4-10)7-12(16)15(2)8-13(17)18/h3-6,9H,7-8H2,1-2H3,(H,17,18). The lowest BCUT2D eigenvalue weighted by Gasteiger charge is -2.18. The van der Waals surface area contributed by atoms with Crippen molar-refractivity contribution in [2.24, 2.45) is 0 Å². The predicted octanol–water partition coefficient (Wildman–Crippen LogP) is 1.86. The minimum absolute atomic E-state index is 0.0747. The molecule has 0 aliphatic carbocycles. The maximum absolute atomic E-state index is 12.7. The number of hydrogen-bond acceptors (Lipinski definition) is 2. The van der Waals surface area contributed by atoms with Crippen LogP contribution in [0.2, 0.25) is 0 Å². The van der Waals surface area contributed by atoms with Gasteiger partial charge in [0.15, 0.2) is 0 Å². The Morgan fingerprint density at radius 2 is 1.89 bits per heavy atom. The van der Waals surface area contributed by atoms with Crippen molar-refractivity contribution >= 4 is 11.9 Å². The van der Waals surface area contributed by atoms with Gasteiger partial charge in [0, 0.05) is 13.5 Å². The van der Waals surface area contributed by atoms with Crippen LogP contribution in [-0.2, 0) is 9.59 Å². The van der Waals surface area contributed by atoms with Crippen molar-refractivity contribution in [1.82, 2.24) is 4.90 Å². The van der Waals surface area contributed by atoms with E-state index in [-0.39, 0.29) is 30.6 Å². The number of amides is 1. The molecule has 0 bridgehead atoms. The summed E-state index contributed by atoms with van der Waals surface area (Å²) >= 11 is 0. The zero-order valence-corrected chi connectivity index (χ0v) is 10.4. The summed E-state index contributed by atoms with van der Waals surface area (Å²) in [5, 5.41) is 8.58. The molecule has 0 fully saturated rings. The molecule has 0 saturated carbocycles. The molecule has 0 radical (unpaired) electrons. The minimum atomic E-state index is -1.04. The van der Waals surface area contributed by atoms with Crippen LogP contribution in [0.4, 0.5) is 4.39 Å². The van der Waals surface area contributed by atoms with E-state index in [2.05, 4.69) is 0 Å². The van der Waals surface area contributed by atoms with E-state index in [1.165, 1.54) is 24.1 Å². The number of hydrogen-bond donors (Lipinski definition) is 1. The van der Waals surface area contributed by atoms with E-state index in [9.17, 15) is 14.0 Å². The van der Waals surface area contributed by atoms with Gasteiger partial charge in [0.1, 0.15) is 12.4 Å². The molecule has 0 aliphatic rings. The van der Waals surface area contributed by atoms with Crippen molar-refractivity contribution in [2.75, 3.05) is 13.6 Å². The molecular formula is C13H16FNO3. The molecule has 1 amide bonds. The first-order chi connectivity index (χ1) is 8.40. The monoisotopic (exact) mass is 253 g/mol. The van der Waals surface area contributed by atoms with Crippen LogP contribution in [0.25, 0.3) is 0 Å². The van der Waals surface area contributed by atoms with E-state index in [0.717, 1.165) is 5.56 Å². The van der Waals surface area contributed by atoms with Gasteiger partial charge in [-0.1, -0.05) is 19.1 Å². The van der Waals surface area contributed by atoms with E-state index >= 15 is 0 Å². The van der Waals surface area contributed by atoms with Crippen LogP contribution < -0.4 is 0 Å². The van der Waals surface area contributed by atoms with Crippen molar-refractivity contribution in [3.8, 4) is 0 Å². The smallest absolute Gasteiger partial charge is 0.323 e. The molecule has 1 aromatic carbocycles. The molecule has 0 aromatic heterocycles. The Kier molecular flexibility index (Phi) is 4.83. The van der Waals surface area contributed by atoms with E-state index in [0.29, 0.717) is 0 Å². The van der Waals surface area contributed by atoms with Gasteiger partial charge in [-0.2, -0.15) is 0 Å². The maximum atomic E-state index is 12.7. The summed E-state index contributed by atoms with van der Waals surface area (Å²) in [6, 6.07) is 5.95. The molecule has 0 heterocycles. The third kappa shape index (κ3) is 4.16. The van der Waals surface area contributed by atoms with Crippen LogP contribution in [0.1, 0.15) is 24.8 Å². The molecule has 98 valence electrons. The molecule has 1 aromatic rings. The zero-order chi connectivity index (χ0) is 13.7. The van der Waals surface area contributed by atoms with Crippen molar-refractivity contribution in [3.63, 3.8) is 0 Å². The lowest BCUT2D eigenvalue weighted by molar-refractivity contribution is -0.143. The van der Waals surface area contributed by atoms with E-state index in [4.69, 9.17) is 5.11 Å². The Labute approximate surface area is 105 Å². The van der Waals surface area contributed by atoms with Gasteiger partial charge in [0.25, 0.3) is 0 Å². The Balaban J connectivity index is 2.59. The molecule has 1 atom stereocenters. The maximum Gasteiger partial charge on any atom is 0.323 e. The lowest BCUT2D eigenvalue weighted by Crippen LogP contribution is -2.32. The zero-order valence-electron chi connectivity index (χ0n) is 10.4. The molecule has 1 unspecified atom stereocenters. The highest BCUT2D eigenvalue weighted by Gasteiger charge is 2.16. The molecule has 1 rings (SSSR count). The fourth-order valence-electron chi connectivity index (χ4n) is 1.62. The normalized spacial score (nSPS) is 11.9. The van der Waals surface area contributed by atoms with Gasteiger partial charge in [0.05, 0.1) is 0 Å². The van der Waals surface area contributed by atoms with Crippen molar-refractivity contribution < 1.29 is 19.1 Å². The highest BCUT2D eigenvalue weighted by atomic mass is 19.1. The van der Waals surface area contributed by atoms with Gasteiger partial charge in [-0.25, -0.2) is 4.39 Å². The lowest BCUT2D eigenvalue weighted by atomic mass is 9.97. The Morgan fingerprint density at radius 1 is 1.33 bits per heavy atom. The number of likely N-dealkylation sites (N-methyl/N-ethyl adjacent to an activating group) is 1. The fourth-order valence-corrected chi connectivity index (χ4v) is 1.62. The molecule has 0 saturated heterocycles. The summed E-state index contributed by atoms with van der Waals surface area (Å²) in [5.74, 6) is -1.68. The van der Waals surface area contributed by atoms with Gasteiger partial charge in [-0.05, 0) is 23.6 Å². The topological polar surface area (TPSA) is 57.6 Å². The summed E-state index contributed by atoms with van der Waals surface area (Å²) in [7, 11) is 1.45. The molecule has 18 heavy (non-hydrogen) atoms. The second-order valence-corrected chi connectivity index (χ2v) is 4.30. The molecular weight excluding hydrogens is 237 g/mol. The molecule has 0 spiro atoms. The number of rotatable bonds is 5. The fraction of sp³-hybridized carbons (Fsp3) is 0.385. The number of carboxylic acid groups (broad SMARTS) is 1. The first kappa shape index (κ1) is 14.2. The van der Waals surface area contributed by atoms with Crippen LogP contribution in [0, 0.1) is 5.82 Å². The Morgan fingerprint density at radius 3 is 2.39 bits per heavy atom. The number of carbonyl (C=O) groups excluding carboxylic acids is 1. The van der Waals surface area contributed by atoms with E-state index in [1.807, 2.05) is 6.92 Å². The first-order valence-electron chi connectivity index (χ1n) is 5.61. The van der Waals surface area contributed by atoms with Crippen molar-refractivity contribution in [1.29, 1.82) is 0 Å². The average Bonchev–Trinajstić information content (AvgIpc) is 2.28. The largest absolute Gasteiger partial charge is 0.480 e. The van der Waals surface area contributed by atoms with Gasteiger partial charge in [0.2, 0.25) is 5.91 Å². The predicted molar refractivity (Wildman–Crippen MR) is 64.7 cm³/mol. The highest BCUT2D eigenvalue weighted by molar-refractivity contribution is 5.81. The number of halogens is 1. The highest BCUT2D eigenvalue weighted by Crippen LogP contribution is 2.19. The number of carboxylic acids is 1. The summed E-state index contributed by atoms with van der Waals surface area (Å²) in [5.41, 5.74) is 0.855. The van der Waals surface area contributed by atoms with Crippen molar-refractivity contribution in [2.45, 2.75) is 19.3 Å². The molecule has 0 aliphatic heterocycles. The molecule has 4 nitrogen and oxygen atoms in total. The van der Waals surface area contributed by atoms with Gasteiger partial charge < -0.3 is 10.0 Å². The average molecular weight is 253 g/mol. The van der Waals surface area contributed by atoms with E-state index < -0.39 is 5.97 Å². The summed E-state index contributed by atoms with van der Waals surface area (Å²) in [6.07, 6.45) is 0.204. The summed E-state index contributed by atoms with van der Waals surface area (Å²) < 4.78 is 12.7. The van der Waals surface area contributed by atoms with Crippen LogP contribution in [0.3, 0.4) is 0 Å². The van der Waals surface area contributed by atoms with Crippen LogP contribution in [0.5, 0.6) is 0 Å². The summed E-state index contributed by atoms with van der Waals surface area (Å²) in [4.78, 5) is 23.4. The van der Waals surface area contributed by atoms with Crippen molar-refractivity contribution in [3.05, 3.63) is 35.6 Å². The number of benzene rings is 1. The minimum Gasteiger partial charge on any atom is -0.480 e. The number of carbonyl (C=O) groups is 2. The summed E-state index contributed by atoms with van der Waals surface area (Å²) in [6.45, 7) is 1.54.